The highest BCUT2D eigenvalue weighted by Gasteiger charge is 2.25. The van der Waals surface area contributed by atoms with Gasteiger partial charge in [-0.3, -0.25) is 4.68 Å². The molecule has 2 aromatic rings. The summed E-state index contributed by atoms with van der Waals surface area (Å²) in [5, 5.41) is 13.5. The molecule has 2 rings (SSSR count). The molecule has 118 valence electrons. The number of benzene rings is 1. The molecule has 1 heterocycles. The Morgan fingerprint density at radius 1 is 1.27 bits per heavy atom. The van der Waals surface area contributed by atoms with Gasteiger partial charge in [-0.1, -0.05) is 24.3 Å². The van der Waals surface area contributed by atoms with E-state index in [1.54, 1.807) is 11.0 Å². The smallest absolute Gasteiger partial charge is 0.407 e. The van der Waals surface area contributed by atoms with Crippen LogP contribution in [0.4, 0.5) is 4.79 Å². The highest BCUT2D eigenvalue weighted by Crippen LogP contribution is 2.17. The van der Waals surface area contributed by atoms with E-state index in [0.29, 0.717) is 18.8 Å². The van der Waals surface area contributed by atoms with Crippen LogP contribution in [0, 0.1) is 0 Å². The summed E-state index contributed by atoms with van der Waals surface area (Å²) in [4.78, 5) is 17.0. The highest BCUT2D eigenvalue weighted by molar-refractivity contribution is 5.66. The summed E-state index contributed by atoms with van der Waals surface area (Å²) < 4.78 is 1.66. The third-order valence-electron chi connectivity index (χ3n) is 3.48. The topological polar surface area (TPSA) is 71.2 Å². The fraction of sp³-hybridized carbons (Fsp3) is 0.438. The zero-order valence-corrected chi connectivity index (χ0v) is 13.4. The number of aryl methyl sites for hydroxylation is 1. The van der Waals surface area contributed by atoms with Crippen LogP contribution in [0.25, 0.3) is 11.4 Å². The first-order valence-electron chi connectivity index (χ1n) is 7.23. The van der Waals surface area contributed by atoms with Crippen LogP contribution in [0.2, 0.25) is 0 Å². The van der Waals surface area contributed by atoms with Crippen LogP contribution >= 0.6 is 0 Å². The molecule has 22 heavy (non-hydrogen) atoms. The highest BCUT2D eigenvalue weighted by atomic mass is 16.4. The van der Waals surface area contributed by atoms with Crippen LogP contribution < -0.4 is 0 Å². The molecule has 0 aliphatic heterocycles. The maximum Gasteiger partial charge on any atom is 0.407 e. The lowest BCUT2D eigenvalue weighted by Crippen LogP contribution is -2.45. The maximum absolute atomic E-state index is 11.3. The number of aromatic nitrogens is 3. The lowest BCUT2D eigenvalue weighted by molar-refractivity contribution is 0.101. The minimum atomic E-state index is -0.887. The number of amides is 1. The van der Waals surface area contributed by atoms with Crippen LogP contribution in [0.1, 0.15) is 26.3 Å². The van der Waals surface area contributed by atoms with E-state index in [1.807, 2.05) is 52.1 Å². The van der Waals surface area contributed by atoms with Crippen molar-refractivity contribution in [3.63, 3.8) is 0 Å². The van der Waals surface area contributed by atoms with Crippen molar-refractivity contribution < 1.29 is 9.90 Å². The molecule has 0 spiro atoms. The zero-order valence-electron chi connectivity index (χ0n) is 13.4. The van der Waals surface area contributed by atoms with E-state index >= 15 is 0 Å². The number of carboxylic acid groups (broad SMARTS) is 1. The Hall–Kier alpha value is -2.37. The molecular weight excluding hydrogens is 280 g/mol. The second kappa shape index (κ2) is 6.17. The molecule has 1 amide bonds. The van der Waals surface area contributed by atoms with Crippen LogP contribution in [-0.2, 0) is 13.5 Å². The van der Waals surface area contributed by atoms with Gasteiger partial charge in [-0.25, -0.2) is 9.78 Å². The predicted octanol–water partition coefficient (Wildman–Crippen LogP) is 2.80. The maximum atomic E-state index is 11.3. The lowest BCUT2D eigenvalue weighted by atomic mass is 10.0. The Morgan fingerprint density at radius 3 is 2.36 bits per heavy atom. The normalized spacial score (nSPS) is 11.5. The van der Waals surface area contributed by atoms with Crippen molar-refractivity contribution in [1.29, 1.82) is 0 Å². The van der Waals surface area contributed by atoms with Crippen molar-refractivity contribution in [2.75, 3.05) is 6.54 Å². The van der Waals surface area contributed by atoms with Gasteiger partial charge < -0.3 is 10.0 Å². The second-order valence-corrected chi connectivity index (χ2v) is 6.29. The van der Waals surface area contributed by atoms with Crippen LogP contribution in [0.5, 0.6) is 0 Å². The van der Waals surface area contributed by atoms with E-state index in [-0.39, 0.29) is 0 Å². The quantitative estimate of drug-likeness (QED) is 0.942. The molecule has 0 bridgehead atoms. The van der Waals surface area contributed by atoms with Gasteiger partial charge in [0, 0.05) is 24.7 Å². The summed E-state index contributed by atoms with van der Waals surface area (Å²) in [6.07, 6.45) is 1.46. The summed E-state index contributed by atoms with van der Waals surface area (Å²) in [6, 6.07) is 7.92. The Bertz CT molecular complexity index is 641. The van der Waals surface area contributed by atoms with Crippen LogP contribution in [-0.4, -0.2) is 42.9 Å². The monoisotopic (exact) mass is 302 g/mol. The SMILES string of the molecule is Cn1cnc(-c2ccc(CCN(C(=O)O)C(C)(C)C)cc2)n1. The zero-order chi connectivity index (χ0) is 16.3. The molecule has 0 aliphatic rings. The summed E-state index contributed by atoms with van der Waals surface area (Å²) in [5.74, 6) is 0.691. The average molecular weight is 302 g/mol. The standard InChI is InChI=1S/C16H22N4O2/c1-16(2,3)20(15(21)22)10-9-12-5-7-13(8-6-12)14-17-11-19(4)18-14/h5-8,11H,9-10H2,1-4H3,(H,21,22). The van der Waals surface area contributed by atoms with Gasteiger partial charge in [-0.2, -0.15) is 5.10 Å². The number of rotatable bonds is 4. The predicted molar refractivity (Wildman–Crippen MR) is 84.6 cm³/mol. The Kier molecular flexibility index (Phi) is 4.49. The van der Waals surface area contributed by atoms with E-state index in [1.165, 1.54) is 4.90 Å². The number of hydrogen-bond acceptors (Lipinski definition) is 3. The molecule has 0 unspecified atom stereocenters. The Morgan fingerprint density at radius 2 is 1.91 bits per heavy atom. The third kappa shape index (κ3) is 3.84. The minimum absolute atomic E-state index is 0.399. The first-order valence-corrected chi connectivity index (χ1v) is 7.23. The van der Waals surface area contributed by atoms with Crippen molar-refractivity contribution in [3.05, 3.63) is 36.2 Å². The molecule has 1 N–H and O–H groups in total. The minimum Gasteiger partial charge on any atom is -0.465 e. The van der Waals surface area contributed by atoms with Crippen molar-refractivity contribution >= 4 is 6.09 Å². The van der Waals surface area contributed by atoms with Crippen molar-refractivity contribution in [2.24, 2.45) is 7.05 Å². The van der Waals surface area contributed by atoms with E-state index < -0.39 is 11.6 Å². The Balaban J connectivity index is 2.04. The van der Waals surface area contributed by atoms with E-state index in [0.717, 1.165) is 11.1 Å². The van der Waals surface area contributed by atoms with Gasteiger partial charge in [-0.15, -0.1) is 0 Å². The van der Waals surface area contributed by atoms with Crippen molar-refractivity contribution in [2.45, 2.75) is 32.7 Å². The molecule has 0 radical (unpaired) electrons. The molecule has 0 aliphatic carbocycles. The fourth-order valence-corrected chi connectivity index (χ4v) is 2.25. The van der Waals surface area contributed by atoms with E-state index in [4.69, 9.17) is 0 Å². The van der Waals surface area contributed by atoms with Gasteiger partial charge >= 0.3 is 6.09 Å². The summed E-state index contributed by atoms with van der Waals surface area (Å²) in [5.41, 5.74) is 1.65. The van der Waals surface area contributed by atoms with Gasteiger partial charge in [0.2, 0.25) is 0 Å². The molecule has 0 atom stereocenters. The van der Waals surface area contributed by atoms with Crippen LogP contribution in [0.3, 0.4) is 0 Å². The second-order valence-electron chi connectivity index (χ2n) is 6.29. The van der Waals surface area contributed by atoms with E-state index in [9.17, 15) is 9.90 Å². The number of nitrogens with zero attached hydrogens (tertiary/aromatic N) is 4. The number of hydrogen-bond donors (Lipinski definition) is 1. The molecule has 1 aromatic heterocycles. The fourth-order valence-electron chi connectivity index (χ4n) is 2.25. The van der Waals surface area contributed by atoms with Crippen molar-refractivity contribution in [3.8, 4) is 11.4 Å². The molecule has 1 aromatic carbocycles. The van der Waals surface area contributed by atoms with Gasteiger partial charge in [0.15, 0.2) is 5.82 Å². The average Bonchev–Trinajstić information content (AvgIpc) is 2.84. The largest absolute Gasteiger partial charge is 0.465 e. The summed E-state index contributed by atoms with van der Waals surface area (Å²) in [6.45, 7) is 6.17. The molecule has 0 saturated heterocycles. The van der Waals surface area contributed by atoms with Crippen molar-refractivity contribution in [1.82, 2.24) is 19.7 Å². The summed E-state index contributed by atoms with van der Waals surface area (Å²) >= 11 is 0. The van der Waals surface area contributed by atoms with Gasteiger partial charge in [0.1, 0.15) is 6.33 Å². The van der Waals surface area contributed by atoms with E-state index in [2.05, 4.69) is 10.1 Å². The van der Waals surface area contributed by atoms with Gasteiger partial charge in [0.05, 0.1) is 0 Å². The molecular formula is C16H22N4O2. The number of carbonyl (C=O) groups is 1. The Labute approximate surface area is 130 Å². The first-order chi connectivity index (χ1) is 10.3. The molecule has 0 saturated carbocycles. The third-order valence-corrected chi connectivity index (χ3v) is 3.48. The first kappa shape index (κ1) is 16.0. The molecule has 6 heteroatoms. The molecule has 6 nitrogen and oxygen atoms in total. The van der Waals surface area contributed by atoms with Gasteiger partial charge in [0.25, 0.3) is 0 Å². The lowest BCUT2D eigenvalue weighted by Gasteiger charge is -2.33. The summed E-state index contributed by atoms with van der Waals surface area (Å²) in [7, 11) is 1.83. The van der Waals surface area contributed by atoms with Gasteiger partial charge in [-0.05, 0) is 32.8 Å². The molecule has 0 fully saturated rings. The van der Waals surface area contributed by atoms with Crippen LogP contribution in [0.15, 0.2) is 30.6 Å².